The third kappa shape index (κ3) is 19.5. The molecule has 0 saturated heterocycles. The number of rotatable bonds is 33. The van der Waals surface area contributed by atoms with Crippen LogP contribution >= 0.6 is 0 Å². The fraction of sp³-hybridized carbons (Fsp3) is 0.683. The van der Waals surface area contributed by atoms with Crippen molar-refractivity contribution < 1.29 is 56.6 Å². The molecule has 312 valence electrons. The predicted octanol–water partition coefficient (Wildman–Crippen LogP) is 5.70. The Hall–Kier alpha value is -2.47. The minimum absolute atomic E-state index is 0.0379. The summed E-state index contributed by atoms with van der Waals surface area (Å²) < 4.78 is 61.4. The number of fused-ring (bicyclic) bond motifs is 3. The summed E-state index contributed by atoms with van der Waals surface area (Å²) in [6.07, 6.45) is -0.451. The molecule has 0 aromatic heterocycles. The average Bonchev–Trinajstić information content (AvgIpc) is 3.49. The maximum absolute atomic E-state index is 12.2. The monoisotopic (exact) mass is 793 g/mol. The van der Waals surface area contributed by atoms with E-state index >= 15 is 0 Å². The molecule has 55 heavy (non-hydrogen) atoms. The number of carbonyl (C=O) groups excluding carboxylic acids is 1. The Kier molecular flexibility index (Phi) is 23.9. The van der Waals surface area contributed by atoms with Gasteiger partial charge in [0.1, 0.15) is 6.61 Å². The van der Waals surface area contributed by atoms with Gasteiger partial charge in [0.25, 0.3) is 0 Å². The Labute approximate surface area is 330 Å². The molecule has 0 fully saturated rings. The largest absolute Gasteiger partial charge is 0.449 e. The minimum atomic E-state index is -1.71. The van der Waals surface area contributed by atoms with Crippen LogP contribution in [0.15, 0.2) is 48.5 Å². The fourth-order valence-corrected chi connectivity index (χ4v) is 6.33. The van der Waals surface area contributed by atoms with Gasteiger partial charge in [-0.25, -0.2) is 4.79 Å². The predicted molar refractivity (Wildman–Crippen MR) is 214 cm³/mol. The third-order valence-electron chi connectivity index (χ3n) is 9.33. The highest BCUT2D eigenvalue weighted by Crippen LogP contribution is 2.44. The van der Waals surface area contributed by atoms with Crippen LogP contribution < -0.4 is 5.32 Å². The van der Waals surface area contributed by atoms with Crippen molar-refractivity contribution in [3.63, 3.8) is 0 Å². The van der Waals surface area contributed by atoms with E-state index in [1.54, 1.807) is 0 Å². The van der Waals surface area contributed by atoms with Gasteiger partial charge < -0.3 is 57.1 Å². The summed E-state index contributed by atoms with van der Waals surface area (Å²) >= 11 is 0. The zero-order valence-corrected chi connectivity index (χ0v) is 34.9. The second-order valence-corrected chi connectivity index (χ2v) is 19.2. The van der Waals surface area contributed by atoms with E-state index in [1.807, 2.05) is 24.3 Å². The first-order valence-corrected chi connectivity index (χ1v) is 22.5. The summed E-state index contributed by atoms with van der Waals surface area (Å²) in [6.45, 7) is 21.3. The topological polar surface area (TPSA) is 131 Å². The maximum atomic E-state index is 12.2. The molecule has 0 aliphatic heterocycles. The molecule has 2 aromatic carbocycles. The molecule has 1 aliphatic rings. The Bertz CT molecular complexity index is 1250. The van der Waals surface area contributed by atoms with E-state index < -0.39 is 14.4 Å². The van der Waals surface area contributed by atoms with Crippen molar-refractivity contribution in [3.05, 3.63) is 59.7 Å². The van der Waals surface area contributed by atoms with Gasteiger partial charge in [-0.3, -0.25) is 0 Å². The Morgan fingerprint density at radius 3 is 1.22 bits per heavy atom. The molecule has 0 atom stereocenters. The highest BCUT2D eigenvalue weighted by molar-refractivity contribution is 6.74. The molecule has 0 unspecified atom stereocenters. The first kappa shape index (κ1) is 46.9. The summed E-state index contributed by atoms with van der Waals surface area (Å²) in [4.78, 5) is 12.2. The molecule has 14 heteroatoms. The summed E-state index contributed by atoms with van der Waals surface area (Å²) in [5.41, 5.74) is 4.78. The highest BCUT2D eigenvalue weighted by atomic mass is 28.4. The van der Waals surface area contributed by atoms with Gasteiger partial charge in [0.2, 0.25) is 0 Å². The van der Waals surface area contributed by atoms with E-state index in [1.165, 1.54) is 22.3 Å². The second-order valence-electron chi connectivity index (χ2n) is 14.4. The highest BCUT2D eigenvalue weighted by Gasteiger charge is 2.36. The van der Waals surface area contributed by atoms with Crippen LogP contribution in [0.25, 0.3) is 11.1 Å². The van der Waals surface area contributed by atoms with Crippen LogP contribution in [0.5, 0.6) is 0 Å². The molecule has 2 aromatic rings. The van der Waals surface area contributed by atoms with Gasteiger partial charge >= 0.3 is 6.09 Å². The molecule has 0 heterocycles. The van der Waals surface area contributed by atoms with Gasteiger partial charge in [-0.05, 0) is 40.4 Å². The van der Waals surface area contributed by atoms with Crippen LogP contribution in [-0.2, 0) is 51.8 Å². The summed E-state index contributed by atoms with van der Waals surface area (Å²) in [6, 6.07) is 16.5. The minimum Gasteiger partial charge on any atom is -0.449 e. The molecule has 0 saturated carbocycles. The summed E-state index contributed by atoms with van der Waals surface area (Å²) in [7, 11) is -1.71. The van der Waals surface area contributed by atoms with Gasteiger partial charge in [0.15, 0.2) is 8.32 Å². The molecule has 0 spiro atoms. The average molecular weight is 794 g/mol. The number of hydrogen-bond donors (Lipinski definition) is 1. The van der Waals surface area contributed by atoms with Crippen LogP contribution in [0, 0.1) is 0 Å². The van der Waals surface area contributed by atoms with Crippen molar-refractivity contribution in [2.75, 3.05) is 139 Å². The van der Waals surface area contributed by atoms with E-state index in [2.05, 4.69) is 63.4 Å². The number of benzene rings is 2. The van der Waals surface area contributed by atoms with Crippen LogP contribution in [0.4, 0.5) is 4.79 Å². The van der Waals surface area contributed by atoms with Crippen LogP contribution in [0.1, 0.15) is 37.8 Å². The standard InChI is InChI=1S/C41H67NO12Si/c1-41(2,3)55(4,5)54-33-32-52-31-30-51-29-28-50-27-26-49-25-24-48-23-22-47-21-20-46-19-18-45-17-16-44-15-14-42-40(43)53-34-39-37-12-8-6-10-35(37)36-11-7-9-13-38(36)39/h6-13,39H,14-34H2,1-5H3,(H,42,43). The quantitative estimate of drug-likeness (QED) is 0.0704. The third-order valence-corrected chi connectivity index (χ3v) is 13.9. The lowest BCUT2D eigenvalue weighted by Crippen LogP contribution is -2.41. The van der Waals surface area contributed by atoms with Crippen molar-refractivity contribution in [2.24, 2.45) is 0 Å². The van der Waals surface area contributed by atoms with E-state index in [9.17, 15) is 4.79 Å². The van der Waals surface area contributed by atoms with Crippen LogP contribution in [-0.4, -0.2) is 153 Å². The lowest BCUT2D eigenvalue weighted by atomic mass is 9.98. The van der Waals surface area contributed by atoms with Gasteiger partial charge in [-0.2, -0.15) is 0 Å². The van der Waals surface area contributed by atoms with Crippen LogP contribution in [0.2, 0.25) is 18.1 Å². The van der Waals surface area contributed by atoms with Gasteiger partial charge in [0, 0.05) is 12.5 Å². The molecular formula is C41H67NO12Si. The maximum Gasteiger partial charge on any atom is 0.407 e. The zero-order valence-electron chi connectivity index (χ0n) is 33.9. The first-order chi connectivity index (χ1) is 26.7. The fourth-order valence-electron chi connectivity index (χ4n) is 5.31. The number of ether oxygens (including phenoxy) is 10. The van der Waals surface area contributed by atoms with Gasteiger partial charge in [-0.15, -0.1) is 0 Å². The summed E-state index contributed by atoms with van der Waals surface area (Å²) in [5.74, 6) is 0.0379. The van der Waals surface area contributed by atoms with E-state index in [0.29, 0.717) is 132 Å². The second kappa shape index (κ2) is 28.0. The van der Waals surface area contributed by atoms with Gasteiger partial charge in [0.05, 0.1) is 126 Å². The number of hydrogen-bond acceptors (Lipinski definition) is 12. The molecule has 13 nitrogen and oxygen atoms in total. The Morgan fingerprint density at radius 1 is 0.527 bits per heavy atom. The lowest BCUT2D eigenvalue weighted by Gasteiger charge is -2.36. The van der Waals surface area contributed by atoms with Crippen molar-refractivity contribution >= 4 is 14.4 Å². The molecular weight excluding hydrogens is 727 g/mol. The van der Waals surface area contributed by atoms with Crippen molar-refractivity contribution in [2.45, 2.75) is 44.8 Å². The molecule has 3 rings (SSSR count). The molecule has 0 radical (unpaired) electrons. The van der Waals surface area contributed by atoms with E-state index in [-0.39, 0.29) is 17.6 Å². The van der Waals surface area contributed by atoms with Crippen molar-refractivity contribution in [1.29, 1.82) is 0 Å². The number of amides is 1. The van der Waals surface area contributed by atoms with E-state index in [0.717, 1.165) is 0 Å². The summed E-state index contributed by atoms with van der Waals surface area (Å²) in [5, 5.41) is 2.96. The normalized spacial score (nSPS) is 12.9. The van der Waals surface area contributed by atoms with Crippen molar-refractivity contribution in [1.82, 2.24) is 5.32 Å². The number of carbonyl (C=O) groups is 1. The van der Waals surface area contributed by atoms with Crippen molar-refractivity contribution in [3.8, 4) is 11.1 Å². The molecule has 1 aliphatic carbocycles. The number of nitrogens with one attached hydrogen (secondary N) is 1. The van der Waals surface area contributed by atoms with Gasteiger partial charge in [-0.1, -0.05) is 69.3 Å². The molecule has 0 bridgehead atoms. The smallest absolute Gasteiger partial charge is 0.407 e. The SMILES string of the molecule is CC(C)(C)[Si](C)(C)OCCOCCOCCOCCOCCOCCOCCOCCOCCOCCNC(=O)OCC1c2ccccc2-c2ccccc21. The first-order valence-electron chi connectivity index (χ1n) is 19.6. The van der Waals surface area contributed by atoms with E-state index in [4.69, 9.17) is 51.8 Å². The molecule has 1 amide bonds. The zero-order chi connectivity index (χ0) is 39.5. The number of alkyl carbamates (subject to hydrolysis) is 1. The lowest BCUT2D eigenvalue weighted by molar-refractivity contribution is -0.0254. The Balaban J connectivity index is 0.960. The van der Waals surface area contributed by atoms with Crippen LogP contribution in [0.3, 0.4) is 0 Å². The molecule has 1 N–H and O–H groups in total. The Morgan fingerprint density at radius 2 is 0.855 bits per heavy atom.